The molecule has 0 aliphatic rings. The molecule has 1 rings (SSSR count). The van der Waals surface area contributed by atoms with E-state index < -0.39 is 9.84 Å². The monoisotopic (exact) mass is 308 g/mol. The molecule has 1 aromatic carbocycles. The van der Waals surface area contributed by atoms with Crippen molar-refractivity contribution in [1.82, 2.24) is 4.90 Å². The van der Waals surface area contributed by atoms with Crippen molar-refractivity contribution in [3.8, 4) is 6.07 Å². The van der Waals surface area contributed by atoms with Gasteiger partial charge in [0.25, 0.3) is 0 Å². The van der Waals surface area contributed by atoms with E-state index in [-0.39, 0.29) is 10.6 Å². The van der Waals surface area contributed by atoms with Crippen molar-refractivity contribution in [2.24, 2.45) is 5.92 Å². The van der Waals surface area contributed by atoms with Crippen LogP contribution in [-0.2, 0) is 9.84 Å². The largest absolute Gasteiger partial charge is 0.302 e. The highest BCUT2D eigenvalue weighted by Crippen LogP contribution is 2.14. The van der Waals surface area contributed by atoms with Crippen LogP contribution in [0.3, 0.4) is 0 Å². The summed E-state index contributed by atoms with van der Waals surface area (Å²) < 4.78 is 24.7. The molecular formula is C16H24N2O2S. The van der Waals surface area contributed by atoms with Gasteiger partial charge in [0.05, 0.1) is 22.3 Å². The van der Waals surface area contributed by atoms with Gasteiger partial charge < -0.3 is 4.90 Å². The molecule has 21 heavy (non-hydrogen) atoms. The normalized spacial score (nSPS) is 13.1. The fraction of sp³-hybridized carbons (Fsp3) is 0.562. The number of hydrogen-bond acceptors (Lipinski definition) is 4. The van der Waals surface area contributed by atoms with Crippen molar-refractivity contribution in [1.29, 1.82) is 5.26 Å². The quantitative estimate of drug-likeness (QED) is 0.741. The number of rotatable bonds is 8. The van der Waals surface area contributed by atoms with Gasteiger partial charge >= 0.3 is 0 Å². The summed E-state index contributed by atoms with van der Waals surface area (Å²) in [6.45, 7) is 8.65. The molecule has 0 radical (unpaired) electrons. The second-order valence-electron chi connectivity index (χ2n) is 5.37. The molecule has 0 amide bonds. The van der Waals surface area contributed by atoms with Gasteiger partial charge in [0, 0.05) is 13.1 Å². The van der Waals surface area contributed by atoms with E-state index in [9.17, 15) is 8.42 Å². The molecule has 1 atom stereocenters. The molecule has 4 nitrogen and oxygen atoms in total. The molecule has 0 saturated heterocycles. The minimum absolute atomic E-state index is 0.0894. The van der Waals surface area contributed by atoms with Crippen molar-refractivity contribution in [2.75, 3.05) is 25.4 Å². The second kappa shape index (κ2) is 8.16. The summed E-state index contributed by atoms with van der Waals surface area (Å²) in [6.07, 6.45) is 1.09. The zero-order valence-corrected chi connectivity index (χ0v) is 13.9. The highest BCUT2D eigenvalue weighted by atomic mass is 32.2. The predicted molar refractivity (Wildman–Crippen MR) is 84.8 cm³/mol. The molecule has 0 aliphatic carbocycles. The summed E-state index contributed by atoms with van der Waals surface area (Å²) in [5, 5.41) is 8.86. The lowest BCUT2D eigenvalue weighted by Crippen LogP contribution is -2.33. The van der Waals surface area contributed by atoms with E-state index in [1.165, 1.54) is 6.07 Å². The molecule has 116 valence electrons. The van der Waals surface area contributed by atoms with Crippen LogP contribution in [0.25, 0.3) is 0 Å². The standard InChI is InChI=1S/C16H24N2O2S/c1-4-14(3)13-18(5-2)9-10-21(19,20)16-8-6-7-15(11-16)12-17/h6-8,11,14H,4-5,9-10,13H2,1-3H3. The number of benzene rings is 1. The van der Waals surface area contributed by atoms with Crippen LogP contribution in [0.5, 0.6) is 0 Å². The van der Waals surface area contributed by atoms with Crippen molar-refractivity contribution in [3.05, 3.63) is 29.8 Å². The summed E-state index contributed by atoms with van der Waals surface area (Å²) in [6, 6.07) is 8.20. The minimum atomic E-state index is -3.33. The van der Waals surface area contributed by atoms with Crippen LogP contribution in [0.15, 0.2) is 29.2 Å². The summed E-state index contributed by atoms with van der Waals surface area (Å²) in [5.74, 6) is 0.654. The van der Waals surface area contributed by atoms with Gasteiger partial charge in [-0.2, -0.15) is 5.26 Å². The van der Waals surface area contributed by atoms with Crippen LogP contribution >= 0.6 is 0 Å². The molecule has 0 fully saturated rings. The third-order valence-electron chi connectivity index (χ3n) is 3.71. The van der Waals surface area contributed by atoms with Crippen LogP contribution < -0.4 is 0 Å². The smallest absolute Gasteiger partial charge is 0.179 e. The number of sulfone groups is 1. The minimum Gasteiger partial charge on any atom is -0.302 e. The van der Waals surface area contributed by atoms with Crippen LogP contribution in [0, 0.1) is 17.2 Å². The maximum Gasteiger partial charge on any atom is 0.179 e. The third-order valence-corrected chi connectivity index (χ3v) is 5.40. The SMILES string of the molecule is CCC(C)CN(CC)CCS(=O)(=O)c1cccc(C#N)c1. The molecule has 0 aromatic heterocycles. The van der Waals surface area contributed by atoms with Crippen molar-refractivity contribution in [2.45, 2.75) is 32.1 Å². The molecule has 0 saturated carbocycles. The van der Waals surface area contributed by atoms with E-state index in [0.717, 1.165) is 19.5 Å². The van der Waals surface area contributed by atoms with E-state index >= 15 is 0 Å². The van der Waals surface area contributed by atoms with E-state index in [1.807, 2.05) is 13.0 Å². The lowest BCUT2D eigenvalue weighted by molar-refractivity contribution is 0.258. The lowest BCUT2D eigenvalue weighted by atomic mass is 10.1. The van der Waals surface area contributed by atoms with Crippen LogP contribution in [0.4, 0.5) is 0 Å². The Balaban J connectivity index is 2.73. The van der Waals surface area contributed by atoms with Gasteiger partial charge in [-0.1, -0.05) is 33.3 Å². The van der Waals surface area contributed by atoms with Gasteiger partial charge in [0.1, 0.15) is 0 Å². The first-order chi connectivity index (χ1) is 9.92. The van der Waals surface area contributed by atoms with E-state index in [2.05, 4.69) is 18.7 Å². The highest BCUT2D eigenvalue weighted by Gasteiger charge is 2.17. The third kappa shape index (κ3) is 5.49. The van der Waals surface area contributed by atoms with Crippen molar-refractivity contribution in [3.63, 3.8) is 0 Å². The summed E-state index contributed by atoms with van der Waals surface area (Å²) in [5.41, 5.74) is 0.378. The van der Waals surface area contributed by atoms with E-state index in [1.54, 1.807) is 18.2 Å². The molecule has 0 N–H and O–H groups in total. The molecule has 0 heterocycles. The maximum absolute atomic E-state index is 12.3. The zero-order chi connectivity index (χ0) is 15.9. The summed E-state index contributed by atoms with van der Waals surface area (Å²) in [7, 11) is -3.33. The van der Waals surface area contributed by atoms with Crippen LogP contribution in [-0.4, -0.2) is 38.7 Å². The second-order valence-corrected chi connectivity index (χ2v) is 7.47. The van der Waals surface area contributed by atoms with E-state index in [0.29, 0.717) is 18.0 Å². The topological polar surface area (TPSA) is 61.2 Å². The molecule has 0 bridgehead atoms. The first-order valence-corrected chi connectivity index (χ1v) is 9.03. The number of nitrogens with zero attached hydrogens (tertiary/aromatic N) is 2. The van der Waals surface area contributed by atoms with Gasteiger partial charge in [0.15, 0.2) is 9.84 Å². The molecular weight excluding hydrogens is 284 g/mol. The highest BCUT2D eigenvalue weighted by molar-refractivity contribution is 7.91. The van der Waals surface area contributed by atoms with Gasteiger partial charge in [-0.25, -0.2) is 8.42 Å². The Morgan fingerprint density at radius 1 is 1.33 bits per heavy atom. The van der Waals surface area contributed by atoms with Gasteiger partial charge in [0.2, 0.25) is 0 Å². The fourth-order valence-electron chi connectivity index (χ4n) is 2.07. The molecule has 1 unspecified atom stereocenters. The summed E-state index contributed by atoms with van der Waals surface area (Å²) in [4.78, 5) is 2.40. The molecule has 5 heteroatoms. The Morgan fingerprint density at radius 2 is 2.05 bits per heavy atom. The molecule has 0 spiro atoms. The average Bonchev–Trinajstić information content (AvgIpc) is 2.51. The van der Waals surface area contributed by atoms with Gasteiger partial charge in [-0.15, -0.1) is 0 Å². The van der Waals surface area contributed by atoms with Crippen molar-refractivity contribution < 1.29 is 8.42 Å². The lowest BCUT2D eigenvalue weighted by Gasteiger charge is -2.23. The first-order valence-electron chi connectivity index (χ1n) is 7.38. The Labute approximate surface area is 128 Å². The van der Waals surface area contributed by atoms with Crippen LogP contribution in [0.1, 0.15) is 32.8 Å². The zero-order valence-electron chi connectivity index (χ0n) is 13.0. The van der Waals surface area contributed by atoms with E-state index in [4.69, 9.17) is 5.26 Å². The average molecular weight is 308 g/mol. The molecule has 0 aliphatic heterocycles. The summed E-state index contributed by atoms with van der Waals surface area (Å²) >= 11 is 0. The maximum atomic E-state index is 12.3. The number of nitriles is 1. The Kier molecular flexibility index (Phi) is 6.86. The predicted octanol–water partition coefficient (Wildman–Crippen LogP) is 2.70. The van der Waals surface area contributed by atoms with Crippen LogP contribution in [0.2, 0.25) is 0 Å². The van der Waals surface area contributed by atoms with Gasteiger partial charge in [-0.05, 0) is 30.7 Å². The Bertz CT molecular complexity index is 591. The fourth-order valence-corrected chi connectivity index (χ4v) is 3.40. The number of hydrogen-bond donors (Lipinski definition) is 0. The van der Waals surface area contributed by atoms with Gasteiger partial charge in [-0.3, -0.25) is 0 Å². The molecule has 1 aromatic rings. The Morgan fingerprint density at radius 3 is 2.62 bits per heavy atom. The Hall–Kier alpha value is -1.38. The first kappa shape index (κ1) is 17.7. The van der Waals surface area contributed by atoms with Crippen molar-refractivity contribution >= 4 is 9.84 Å².